The second-order valence-electron chi connectivity index (χ2n) is 7.91. The van der Waals surface area contributed by atoms with E-state index in [1.807, 2.05) is 56.3 Å². The predicted molar refractivity (Wildman–Crippen MR) is 132 cm³/mol. The van der Waals surface area contributed by atoms with Gasteiger partial charge < -0.3 is 16.0 Å². The molecule has 1 atom stereocenters. The van der Waals surface area contributed by atoms with E-state index in [9.17, 15) is 14.4 Å². The van der Waals surface area contributed by atoms with Crippen molar-refractivity contribution in [3.63, 3.8) is 0 Å². The van der Waals surface area contributed by atoms with Crippen molar-refractivity contribution in [1.29, 1.82) is 0 Å². The van der Waals surface area contributed by atoms with Crippen LogP contribution in [0.25, 0.3) is 0 Å². The monoisotopic (exact) mass is 447 g/mol. The molecule has 0 spiro atoms. The van der Waals surface area contributed by atoms with Crippen LogP contribution in [0.4, 0.5) is 10.5 Å². The summed E-state index contributed by atoms with van der Waals surface area (Å²) in [7, 11) is 1.60. The van der Waals surface area contributed by atoms with E-state index >= 15 is 0 Å². The van der Waals surface area contributed by atoms with Gasteiger partial charge in [-0.2, -0.15) is 0 Å². The first kappa shape index (κ1) is 25.7. The number of anilines is 1. The SMILES string of the molecule is C#C.CC.CNC(=O)NCC1Cc2ccc(NC(=O)C(=O)C3Cc4ccccc4C3)cc2C1. The Morgan fingerprint density at radius 1 is 0.879 bits per heavy atom. The van der Waals surface area contributed by atoms with Gasteiger partial charge in [-0.05, 0) is 66.0 Å². The number of fused-ring (bicyclic) bond motifs is 2. The largest absolute Gasteiger partial charge is 0.341 e. The van der Waals surface area contributed by atoms with Gasteiger partial charge in [0, 0.05) is 25.2 Å². The molecule has 0 saturated heterocycles. The highest BCUT2D eigenvalue weighted by Gasteiger charge is 2.31. The van der Waals surface area contributed by atoms with Crippen LogP contribution in [-0.4, -0.2) is 31.3 Å². The number of carbonyl (C=O) groups excluding carboxylic acids is 3. The number of hydrogen-bond acceptors (Lipinski definition) is 3. The number of nitrogens with one attached hydrogen (secondary N) is 3. The maximum Gasteiger partial charge on any atom is 0.314 e. The van der Waals surface area contributed by atoms with Gasteiger partial charge in [-0.1, -0.05) is 44.2 Å². The van der Waals surface area contributed by atoms with Crippen molar-refractivity contribution in [2.45, 2.75) is 39.5 Å². The lowest BCUT2D eigenvalue weighted by atomic mass is 10.00. The van der Waals surface area contributed by atoms with Crippen molar-refractivity contribution >= 4 is 23.4 Å². The van der Waals surface area contributed by atoms with E-state index in [0.29, 0.717) is 31.0 Å². The van der Waals surface area contributed by atoms with Crippen molar-refractivity contribution in [3.05, 3.63) is 64.7 Å². The summed E-state index contributed by atoms with van der Waals surface area (Å²) in [4.78, 5) is 36.5. The Hall–Kier alpha value is -3.59. The molecule has 1 unspecified atom stereocenters. The zero-order chi connectivity index (χ0) is 24.4. The fourth-order valence-electron chi connectivity index (χ4n) is 4.38. The molecule has 0 saturated carbocycles. The topological polar surface area (TPSA) is 87.3 Å². The molecule has 4 rings (SSSR count). The molecule has 33 heavy (non-hydrogen) atoms. The number of urea groups is 1. The number of Topliss-reactive ketones (excluding diaryl/α,β-unsaturated/α-hetero) is 1. The van der Waals surface area contributed by atoms with Gasteiger partial charge in [0.1, 0.15) is 0 Å². The maximum atomic E-state index is 12.6. The summed E-state index contributed by atoms with van der Waals surface area (Å²) < 4.78 is 0. The molecule has 0 bridgehead atoms. The molecule has 0 aliphatic heterocycles. The molecular weight excluding hydrogens is 414 g/mol. The van der Waals surface area contributed by atoms with Gasteiger partial charge in [0.25, 0.3) is 5.91 Å². The van der Waals surface area contributed by atoms with Crippen LogP contribution in [0.1, 0.15) is 36.1 Å². The Balaban J connectivity index is 0.000000914. The quantitative estimate of drug-likeness (QED) is 0.484. The van der Waals surface area contributed by atoms with Gasteiger partial charge >= 0.3 is 6.03 Å². The maximum absolute atomic E-state index is 12.6. The number of carbonyl (C=O) groups is 3. The molecule has 2 aromatic rings. The summed E-state index contributed by atoms with van der Waals surface area (Å²) in [6.45, 7) is 4.61. The molecule has 0 aromatic heterocycles. The zero-order valence-electron chi connectivity index (χ0n) is 19.6. The van der Waals surface area contributed by atoms with Gasteiger partial charge in [-0.15, -0.1) is 12.8 Å². The van der Waals surface area contributed by atoms with Crippen LogP contribution in [0.3, 0.4) is 0 Å². The number of terminal acetylenes is 1. The highest BCUT2D eigenvalue weighted by molar-refractivity contribution is 6.41. The van der Waals surface area contributed by atoms with Crippen molar-refractivity contribution in [1.82, 2.24) is 10.6 Å². The molecule has 174 valence electrons. The number of hydrogen-bond donors (Lipinski definition) is 3. The average molecular weight is 448 g/mol. The second kappa shape index (κ2) is 12.4. The minimum Gasteiger partial charge on any atom is -0.341 e. The van der Waals surface area contributed by atoms with Crippen LogP contribution in [0, 0.1) is 24.7 Å². The third-order valence-corrected chi connectivity index (χ3v) is 5.91. The molecule has 0 radical (unpaired) electrons. The van der Waals surface area contributed by atoms with Crippen LogP contribution >= 0.6 is 0 Å². The predicted octanol–water partition coefficient (Wildman–Crippen LogP) is 3.53. The molecule has 2 aliphatic rings. The van der Waals surface area contributed by atoms with E-state index in [-0.39, 0.29) is 17.7 Å². The molecular formula is C27H33N3O3. The summed E-state index contributed by atoms with van der Waals surface area (Å²) in [6, 6.07) is 13.6. The van der Waals surface area contributed by atoms with E-state index in [2.05, 4.69) is 28.8 Å². The molecule has 3 N–H and O–H groups in total. The Labute approximate surface area is 196 Å². The highest BCUT2D eigenvalue weighted by atomic mass is 16.2. The number of amides is 3. The third kappa shape index (κ3) is 6.45. The van der Waals surface area contributed by atoms with Crippen molar-refractivity contribution in [2.75, 3.05) is 18.9 Å². The second-order valence-corrected chi connectivity index (χ2v) is 7.91. The van der Waals surface area contributed by atoms with Crippen LogP contribution < -0.4 is 16.0 Å². The van der Waals surface area contributed by atoms with E-state index in [0.717, 1.165) is 29.5 Å². The Morgan fingerprint density at radius 2 is 1.45 bits per heavy atom. The standard InChI is InChI=1S/C23H25N3O3.C2H6.C2H2/c1-24-23(29)25-13-14-8-17-6-7-20(12-18(17)9-14)26-22(28)21(27)19-10-15-4-2-3-5-16(15)11-19;2*1-2/h2-7,12,14,19H,8-11,13H2,1H3,(H,26,28)(H2,24,25,29);1-2H3;1-2H. The minimum atomic E-state index is -0.543. The van der Waals surface area contributed by atoms with Crippen molar-refractivity contribution < 1.29 is 14.4 Å². The first-order chi connectivity index (χ1) is 16.0. The minimum absolute atomic E-state index is 0.179. The molecule has 0 heterocycles. The number of ketones is 1. The summed E-state index contributed by atoms with van der Waals surface area (Å²) in [6.07, 6.45) is 11.0. The third-order valence-electron chi connectivity index (χ3n) is 5.91. The number of rotatable bonds is 5. The summed E-state index contributed by atoms with van der Waals surface area (Å²) in [5.41, 5.74) is 5.36. The van der Waals surface area contributed by atoms with Crippen LogP contribution in [-0.2, 0) is 35.3 Å². The summed E-state index contributed by atoms with van der Waals surface area (Å²) in [5, 5.41) is 8.18. The lowest BCUT2D eigenvalue weighted by molar-refractivity contribution is -0.137. The smallest absolute Gasteiger partial charge is 0.314 e. The first-order valence-electron chi connectivity index (χ1n) is 11.4. The van der Waals surface area contributed by atoms with Crippen LogP contribution in [0.2, 0.25) is 0 Å². The molecule has 6 heteroatoms. The average Bonchev–Trinajstić information content (AvgIpc) is 3.48. The Morgan fingerprint density at radius 3 is 2.06 bits per heavy atom. The lowest BCUT2D eigenvalue weighted by Crippen LogP contribution is -2.36. The van der Waals surface area contributed by atoms with E-state index < -0.39 is 5.91 Å². The highest BCUT2D eigenvalue weighted by Crippen LogP contribution is 2.30. The van der Waals surface area contributed by atoms with Gasteiger partial charge in [-0.3, -0.25) is 9.59 Å². The van der Waals surface area contributed by atoms with Crippen LogP contribution in [0.5, 0.6) is 0 Å². The summed E-state index contributed by atoms with van der Waals surface area (Å²) >= 11 is 0. The zero-order valence-corrected chi connectivity index (χ0v) is 19.6. The van der Waals surface area contributed by atoms with Crippen molar-refractivity contribution in [2.24, 2.45) is 11.8 Å². The van der Waals surface area contributed by atoms with E-state index in [1.54, 1.807) is 7.05 Å². The number of benzene rings is 2. The lowest BCUT2D eigenvalue weighted by Gasteiger charge is -2.10. The molecule has 0 fully saturated rings. The first-order valence-corrected chi connectivity index (χ1v) is 11.4. The summed E-state index contributed by atoms with van der Waals surface area (Å²) in [5.74, 6) is -0.832. The fraction of sp³-hybridized carbons (Fsp3) is 0.370. The Bertz CT molecular complexity index is 988. The van der Waals surface area contributed by atoms with Gasteiger partial charge in [0.2, 0.25) is 5.78 Å². The van der Waals surface area contributed by atoms with E-state index in [1.165, 1.54) is 5.56 Å². The van der Waals surface area contributed by atoms with E-state index in [4.69, 9.17) is 0 Å². The molecule has 2 aromatic carbocycles. The molecule has 2 aliphatic carbocycles. The van der Waals surface area contributed by atoms with Gasteiger partial charge in [0.15, 0.2) is 0 Å². The normalized spacial score (nSPS) is 15.5. The van der Waals surface area contributed by atoms with Crippen molar-refractivity contribution in [3.8, 4) is 12.8 Å². The molecule has 6 nitrogen and oxygen atoms in total. The van der Waals surface area contributed by atoms with Gasteiger partial charge in [0.05, 0.1) is 0 Å². The molecule has 3 amide bonds. The fourth-order valence-corrected chi connectivity index (χ4v) is 4.38. The Kier molecular flexibility index (Phi) is 9.68. The van der Waals surface area contributed by atoms with Gasteiger partial charge in [-0.25, -0.2) is 4.79 Å². The van der Waals surface area contributed by atoms with Crippen LogP contribution in [0.15, 0.2) is 42.5 Å².